The molecule has 108 valence electrons. The van der Waals surface area contributed by atoms with Gasteiger partial charge in [-0.2, -0.15) is 0 Å². The lowest BCUT2D eigenvalue weighted by atomic mass is 10.0. The third kappa shape index (κ3) is 4.19. The summed E-state index contributed by atoms with van der Waals surface area (Å²) in [5, 5.41) is 0. The van der Waals surface area contributed by atoms with E-state index in [9.17, 15) is 8.42 Å². The molecule has 0 spiro atoms. The molecular weight excluding hydrogens is 328 g/mol. The third-order valence-electron chi connectivity index (χ3n) is 3.30. The van der Waals surface area contributed by atoms with E-state index in [0.29, 0.717) is 28.2 Å². The number of nitrogens with one attached hydrogen (secondary N) is 1. The van der Waals surface area contributed by atoms with Gasteiger partial charge in [0.05, 0.1) is 4.90 Å². The number of aryl methyl sites for hydroxylation is 1. The molecular formula is C13H21BrN2O2S. The normalized spacial score (nSPS) is 12.1. The number of nitrogen functional groups attached to an aromatic ring is 1. The quantitative estimate of drug-likeness (QED) is 0.776. The Morgan fingerprint density at radius 1 is 1.32 bits per heavy atom. The fourth-order valence-electron chi connectivity index (χ4n) is 1.84. The van der Waals surface area contributed by atoms with Gasteiger partial charge in [0.15, 0.2) is 0 Å². The molecule has 0 amide bonds. The van der Waals surface area contributed by atoms with Crippen LogP contribution in [0.1, 0.15) is 32.3 Å². The van der Waals surface area contributed by atoms with Gasteiger partial charge in [-0.3, -0.25) is 0 Å². The molecule has 1 rings (SSSR count). The molecule has 3 N–H and O–H groups in total. The van der Waals surface area contributed by atoms with Gasteiger partial charge >= 0.3 is 0 Å². The summed E-state index contributed by atoms with van der Waals surface area (Å²) in [4.78, 5) is 0.249. The molecule has 0 aliphatic heterocycles. The average molecular weight is 349 g/mol. The number of hydrogen-bond donors (Lipinski definition) is 2. The molecule has 0 radical (unpaired) electrons. The number of hydrogen-bond acceptors (Lipinski definition) is 3. The van der Waals surface area contributed by atoms with E-state index in [0.717, 1.165) is 12.8 Å². The molecule has 0 fully saturated rings. The predicted octanol–water partition coefficient (Wildman–Crippen LogP) is 3.05. The van der Waals surface area contributed by atoms with E-state index in [2.05, 4.69) is 34.5 Å². The Balaban J connectivity index is 2.98. The van der Waals surface area contributed by atoms with Crippen LogP contribution in [0.5, 0.6) is 0 Å². The Labute approximate surface area is 124 Å². The maximum Gasteiger partial charge on any atom is 0.240 e. The van der Waals surface area contributed by atoms with Crippen molar-refractivity contribution < 1.29 is 8.42 Å². The van der Waals surface area contributed by atoms with Crippen molar-refractivity contribution >= 4 is 31.6 Å². The van der Waals surface area contributed by atoms with Crippen molar-refractivity contribution in [3.05, 3.63) is 22.2 Å². The summed E-state index contributed by atoms with van der Waals surface area (Å²) in [6, 6.07) is 3.22. The van der Waals surface area contributed by atoms with E-state index in [1.165, 1.54) is 6.07 Å². The maximum atomic E-state index is 12.3. The van der Waals surface area contributed by atoms with Crippen molar-refractivity contribution in [2.75, 3.05) is 12.3 Å². The van der Waals surface area contributed by atoms with Crippen LogP contribution in [0.3, 0.4) is 0 Å². The molecule has 4 nitrogen and oxygen atoms in total. The number of anilines is 1. The Morgan fingerprint density at radius 2 is 1.89 bits per heavy atom. The van der Waals surface area contributed by atoms with Gasteiger partial charge in [0, 0.05) is 16.7 Å². The maximum absolute atomic E-state index is 12.3. The van der Waals surface area contributed by atoms with E-state index in [1.807, 2.05) is 0 Å². The van der Waals surface area contributed by atoms with Crippen LogP contribution in [-0.4, -0.2) is 15.0 Å². The van der Waals surface area contributed by atoms with Crippen molar-refractivity contribution in [1.82, 2.24) is 4.72 Å². The average Bonchev–Trinajstić information content (AvgIpc) is 2.34. The van der Waals surface area contributed by atoms with Crippen molar-refractivity contribution in [2.24, 2.45) is 5.92 Å². The van der Waals surface area contributed by atoms with Gasteiger partial charge in [-0.15, -0.1) is 0 Å². The zero-order valence-electron chi connectivity index (χ0n) is 11.5. The minimum absolute atomic E-state index is 0.249. The smallest absolute Gasteiger partial charge is 0.240 e. The number of halogens is 1. The van der Waals surface area contributed by atoms with Gasteiger partial charge in [-0.25, -0.2) is 13.1 Å². The molecule has 0 heterocycles. The van der Waals surface area contributed by atoms with Gasteiger partial charge in [0.1, 0.15) is 0 Å². The largest absolute Gasteiger partial charge is 0.398 e. The van der Waals surface area contributed by atoms with Crippen molar-refractivity contribution in [1.29, 1.82) is 0 Å². The van der Waals surface area contributed by atoms with Crippen LogP contribution in [0.25, 0.3) is 0 Å². The summed E-state index contributed by atoms with van der Waals surface area (Å²) in [5.41, 5.74) is 6.86. The molecule has 0 atom stereocenters. The molecule has 0 saturated heterocycles. The molecule has 6 heteroatoms. The van der Waals surface area contributed by atoms with E-state index in [-0.39, 0.29) is 4.90 Å². The SMILES string of the molecule is CCC(CC)CNS(=O)(=O)c1cc(N)c(Br)cc1C. The van der Waals surface area contributed by atoms with Crippen LogP contribution in [0.4, 0.5) is 5.69 Å². The van der Waals surface area contributed by atoms with Crippen LogP contribution in [0.15, 0.2) is 21.5 Å². The Hall–Kier alpha value is -0.590. The first-order chi connectivity index (χ1) is 8.81. The van der Waals surface area contributed by atoms with Gasteiger partial charge in [-0.1, -0.05) is 26.7 Å². The molecule has 0 aliphatic rings. The molecule has 0 unspecified atom stereocenters. The van der Waals surface area contributed by atoms with Crippen molar-refractivity contribution in [3.63, 3.8) is 0 Å². The summed E-state index contributed by atoms with van der Waals surface area (Å²) < 4.78 is 27.9. The summed E-state index contributed by atoms with van der Waals surface area (Å²) >= 11 is 3.29. The van der Waals surface area contributed by atoms with Crippen LogP contribution in [0.2, 0.25) is 0 Å². The van der Waals surface area contributed by atoms with Crippen molar-refractivity contribution in [3.8, 4) is 0 Å². The molecule has 1 aromatic carbocycles. The zero-order chi connectivity index (χ0) is 14.6. The predicted molar refractivity (Wildman–Crippen MR) is 82.6 cm³/mol. The lowest BCUT2D eigenvalue weighted by Crippen LogP contribution is -2.29. The highest BCUT2D eigenvalue weighted by Gasteiger charge is 2.19. The second kappa shape index (κ2) is 6.72. The van der Waals surface area contributed by atoms with Gasteiger partial charge in [-0.05, 0) is 46.5 Å². The third-order valence-corrected chi connectivity index (χ3v) is 5.55. The van der Waals surface area contributed by atoms with E-state index in [1.54, 1.807) is 13.0 Å². The fourth-order valence-corrected chi connectivity index (χ4v) is 3.67. The molecule has 0 aromatic heterocycles. The second-order valence-corrected chi connectivity index (χ2v) is 7.26. The summed E-state index contributed by atoms with van der Waals surface area (Å²) in [6.45, 7) is 6.34. The van der Waals surface area contributed by atoms with Gasteiger partial charge < -0.3 is 5.73 Å². The number of nitrogens with two attached hydrogens (primary N) is 1. The standard InChI is InChI=1S/C13H21BrN2O2S/c1-4-10(5-2)8-16-19(17,18)13-7-12(15)11(14)6-9(13)3/h6-7,10,16H,4-5,8,15H2,1-3H3. The van der Waals surface area contributed by atoms with Crippen LogP contribution < -0.4 is 10.5 Å². The summed E-state index contributed by atoms with van der Waals surface area (Å²) in [5.74, 6) is 0.364. The molecule has 19 heavy (non-hydrogen) atoms. The lowest BCUT2D eigenvalue weighted by Gasteiger charge is -2.15. The Bertz CT molecular complexity index is 540. The highest BCUT2D eigenvalue weighted by Crippen LogP contribution is 2.26. The Morgan fingerprint density at radius 3 is 2.42 bits per heavy atom. The molecule has 0 bridgehead atoms. The molecule has 0 saturated carbocycles. The summed E-state index contributed by atoms with van der Waals surface area (Å²) in [7, 11) is -3.50. The topological polar surface area (TPSA) is 72.2 Å². The van der Waals surface area contributed by atoms with E-state index in [4.69, 9.17) is 5.73 Å². The van der Waals surface area contributed by atoms with E-state index < -0.39 is 10.0 Å². The van der Waals surface area contributed by atoms with E-state index >= 15 is 0 Å². The lowest BCUT2D eigenvalue weighted by molar-refractivity contribution is 0.479. The first kappa shape index (κ1) is 16.5. The Kier molecular flexibility index (Phi) is 5.82. The monoisotopic (exact) mass is 348 g/mol. The fraction of sp³-hybridized carbons (Fsp3) is 0.538. The second-order valence-electron chi connectivity index (χ2n) is 4.67. The van der Waals surface area contributed by atoms with Crippen LogP contribution >= 0.6 is 15.9 Å². The number of benzene rings is 1. The van der Waals surface area contributed by atoms with Crippen LogP contribution in [0, 0.1) is 12.8 Å². The highest BCUT2D eigenvalue weighted by atomic mass is 79.9. The minimum atomic E-state index is -3.50. The van der Waals surface area contributed by atoms with Crippen molar-refractivity contribution in [2.45, 2.75) is 38.5 Å². The summed E-state index contributed by atoms with van der Waals surface area (Å²) in [6.07, 6.45) is 1.92. The minimum Gasteiger partial charge on any atom is -0.398 e. The first-order valence-corrected chi connectivity index (χ1v) is 8.64. The highest BCUT2D eigenvalue weighted by molar-refractivity contribution is 9.10. The van der Waals surface area contributed by atoms with Gasteiger partial charge in [0.25, 0.3) is 0 Å². The number of sulfonamides is 1. The molecule has 0 aliphatic carbocycles. The first-order valence-electron chi connectivity index (χ1n) is 6.37. The van der Waals surface area contributed by atoms with Gasteiger partial charge in [0.2, 0.25) is 10.0 Å². The number of rotatable bonds is 6. The molecule has 1 aromatic rings. The zero-order valence-corrected chi connectivity index (χ0v) is 13.9. The van der Waals surface area contributed by atoms with Crippen LogP contribution in [-0.2, 0) is 10.0 Å².